The summed E-state index contributed by atoms with van der Waals surface area (Å²) in [7, 11) is 1.75. The maximum Gasteiger partial charge on any atom is 0.353 e. The summed E-state index contributed by atoms with van der Waals surface area (Å²) in [6, 6.07) is 0. The zero-order valence-corrected chi connectivity index (χ0v) is 13.0. The van der Waals surface area contributed by atoms with E-state index in [9.17, 15) is 10.1 Å². The van der Waals surface area contributed by atoms with E-state index in [2.05, 4.69) is 15.3 Å². The second-order valence-corrected chi connectivity index (χ2v) is 4.92. The van der Waals surface area contributed by atoms with Gasteiger partial charge in [-0.25, -0.2) is 9.97 Å². The Kier molecular flexibility index (Phi) is 6.80. The van der Waals surface area contributed by atoms with Gasteiger partial charge in [-0.1, -0.05) is 6.92 Å². The lowest BCUT2D eigenvalue weighted by atomic mass is 10.3. The Bertz CT molecular complexity index is 467. The van der Waals surface area contributed by atoms with Gasteiger partial charge in [-0.2, -0.15) is 0 Å². The van der Waals surface area contributed by atoms with Crippen molar-refractivity contribution < 1.29 is 9.66 Å². The summed E-state index contributed by atoms with van der Waals surface area (Å²) >= 11 is 0. The van der Waals surface area contributed by atoms with Crippen molar-refractivity contribution in [2.24, 2.45) is 0 Å². The average Bonchev–Trinajstić information content (AvgIpc) is 2.43. The number of aromatic nitrogens is 2. The molecule has 0 aliphatic heterocycles. The lowest BCUT2D eigenvalue weighted by Crippen LogP contribution is -2.26. The van der Waals surface area contributed by atoms with Crippen molar-refractivity contribution in [2.45, 2.75) is 33.3 Å². The van der Waals surface area contributed by atoms with Gasteiger partial charge in [0.2, 0.25) is 11.6 Å². The molecule has 0 saturated heterocycles. The van der Waals surface area contributed by atoms with E-state index in [1.165, 1.54) is 6.33 Å². The summed E-state index contributed by atoms with van der Waals surface area (Å²) in [5.41, 5.74) is -0.0991. The van der Waals surface area contributed by atoms with Crippen LogP contribution in [0.5, 0.6) is 0 Å². The lowest BCUT2D eigenvalue weighted by molar-refractivity contribution is -0.383. The molecule has 0 amide bonds. The van der Waals surface area contributed by atoms with Crippen molar-refractivity contribution in [3.63, 3.8) is 0 Å². The zero-order chi connectivity index (χ0) is 15.8. The minimum Gasteiger partial charge on any atom is -0.377 e. The highest BCUT2D eigenvalue weighted by atomic mass is 16.6. The van der Waals surface area contributed by atoms with Crippen LogP contribution >= 0.6 is 0 Å². The first-order valence-electron chi connectivity index (χ1n) is 7.03. The molecule has 0 aliphatic carbocycles. The van der Waals surface area contributed by atoms with Crippen molar-refractivity contribution in [3.8, 4) is 0 Å². The molecule has 1 heterocycles. The van der Waals surface area contributed by atoms with Gasteiger partial charge >= 0.3 is 5.69 Å². The number of anilines is 2. The number of nitrogens with one attached hydrogen (secondary N) is 1. The van der Waals surface area contributed by atoms with E-state index in [1.54, 1.807) is 11.9 Å². The lowest BCUT2D eigenvalue weighted by Gasteiger charge is -2.19. The number of hydrogen-bond acceptors (Lipinski definition) is 7. The molecule has 21 heavy (non-hydrogen) atoms. The van der Waals surface area contributed by atoms with Gasteiger partial charge in [0.15, 0.2) is 0 Å². The first-order chi connectivity index (χ1) is 9.97. The van der Waals surface area contributed by atoms with Crippen LogP contribution in [0.4, 0.5) is 17.3 Å². The molecule has 0 bridgehead atoms. The Morgan fingerprint density at radius 2 is 2.19 bits per heavy atom. The van der Waals surface area contributed by atoms with Gasteiger partial charge < -0.3 is 15.0 Å². The minimum absolute atomic E-state index is 0.0991. The Balaban J connectivity index is 2.91. The van der Waals surface area contributed by atoms with Gasteiger partial charge in [-0.05, 0) is 20.3 Å². The molecule has 1 rings (SSSR count). The molecule has 0 atom stereocenters. The molecule has 1 aromatic heterocycles. The third kappa shape index (κ3) is 5.14. The van der Waals surface area contributed by atoms with Crippen LogP contribution in [0.1, 0.15) is 27.2 Å². The maximum atomic E-state index is 11.3. The summed E-state index contributed by atoms with van der Waals surface area (Å²) in [6.07, 6.45) is 2.31. The number of rotatable bonds is 9. The number of nitro groups is 1. The number of nitrogens with zero attached hydrogens (tertiary/aromatic N) is 4. The van der Waals surface area contributed by atoms with Crippen LogP contribution in [0.2, 0.25) is 0 Å². The number of likely N-dealkylation sites (N-methyl/N-ethyl adjacent to an activating group) is 1. The first-order valence-corrected chi connectivity index (χ1v) is 7.03. The quantitative estimate of drug-likeness (QED) is 0.550. The molecule has 0 aliphatic rings. The van der Waals surface area contributed by atoms with E-state index in [0.29, 0.717) is 25.5 Å². The largest absolute Gasteiger partial charge is 0.377 e. The van der Waals surface area contributed by atoms with E-state index >= 15 is 0 Å². The fourth-order valence-corrected chi connectivity index (χ4v) is 1.72. The smallest absolute Gasteiger partial charge is 0.353 e. The molecule has 8 nitrogen and oxygen atoms in total. The Morgan fingerprint density at radius 3 is 2.76 bits per heavy atom. The summed E-state index contributed by atoms with van der Waals surface area (Å²) in [5.74, 6) is 0.546. The molecular weight excluding hydrogens is 274 g/mol. The number of ether oxygens (including phenoxy) is 1. The van der Waals surface area contributed by atoms with Gasteiger partial charge in [-0.15, -0.1) is 0 Å². The van der Waals surface area contributed by atoms with E-state index in [-0.39, 0.29) is 17.6 Å². The predicted molar refractivity (Wildman–Crippen MR) is 81.8 cm³/mol. The molecule has 0 fully saturated rings. The summed E-state index contributed by atoms with van der Waals surface area (Å²) in [5, 5.41) is 14.3. The van der Waals surface area contributed by atoms with Crippen molar-refractivity contribution in [2.75, 3.05) is 37.0 Å². The summed E-state index contributed by atoms with van der Waals surface area (Å²) < 4.78 is 5.46. The van der Waals surface area contributed by atoms with Crippen LogP contribution in [-0.2, 0) is 4.74 Å². The monoisotopic (exact) mass is 297 g/mol. The highest BCUT2D eigenvalue weighted by molar-refractivity contribution is 5.70. The van der Waals surface area contributed by atoms with Gasteiger partial charge in [0.25, 0.3) is 0 Å². The standard InChI is InChI=1S/C13H23N5O3/c1-5-6-14-12-11(18(19)20)13(16-9-15-12)17(4)7-8-21-10(2)3/h9-10H,5-8H2,1-4H3,(H,14,15,16). The van der Waals surface area contributed by atoms with Gasteiger partial charge in [0, 0.05) is 20.1 Å². The molecular formula is C13H23N5O3. The highest BCUT2D eigenvalue weighted by Gasteiger charge is 2.25. The van der Waals surface area contributed by atoms with E-state index in [4.69, 9.17) is 4.74 Å². The molecule has 0 radical (unpaired) electrons. The van der Waals surface area contributed by atoms with Gasteiger partial charge in [0.1, 0.15) is 6.33 Å². The summed E-state index contributed by atoms with van der Waals surface area (Å²) in [4.78, 5) is 20.6. The Hall–Kier alpha value is -1.96. The van der Waals surface area contributed by atoms with Crippen LogP contribution in [0.25, 0.3) is 0 Å². The summed E-state index contributed by atoms with van der Waals surface area (Å²) in [6.45, 7) is 7.49. The van der Waals surface area contributed by atoms with Gasteiger partial charge in [-0.3, -0.25) is 10.1 Å². The normalized spacial score (nSPS) is 10.7. The third-order valence-electron chi connectivity index (χ3n) is 2.77. The molecule has 8 heteroatoms. The number of hydrogen-bond donors (Lipinski definition) is 1. The topological polar surface area (TPSA) is 93.4 Å². The molecule has 1 N–H and O–H groups in total. The van der Waals surface area contributed by atoms with E-state index in [0.717, 1.165) is 6.42 Å². The SMILES string of the molecule is CCCNc1ncnc(N(C)CCOC(C)C)c1[N+](=O)[O-]. The van der Waals surface area contributed by atoms with Crippen LogP contribution < -0.4 is 10.2 Å². The average molecular weight is 297 g/mol. The Morgan fingerprint density at radius 1 is 1.48 bits per heavy atom. The zero-order valence-electron chi connectivity index (χ0n) is 13.0. The first kappa shape index (κ1) is 17.1. The van der Waals surface area contributed by atoms with E-state index in [1.807, 2.05) is 20.8 Å². The maximum absolute atomic E-state index is 11.3. The van der Waals surface area contributed by atoms with Crippen molar-refractivity contribution in [1.82, 2.24) is 9.97 Å². The highest BCUT2D eigenvalue weighted by Crippen LogP contribution is 2.30. The van der Waals surface area contributed by atoms with Crippen LogP contribution in [-0.4, -0.2) is 47.7 Å². The molecule has 118 valence electrons. The minimum atomic E-state index is -0.451. The van der Waals surface area contributed by atoms with Crippen LogP contribution in [0.15, 0.2) is 6.33 Å². The predicted octanol–water partition coefficient (Wildman–Crippen LogP) is 2.07. The second kappa shape index (κ2) is 8.35. The van der Waals surface area contributed by atoms with Crippen LogP contribution in [0.3, 0.4) is 0 Å². The van der Waals surface area contributed by atoms with Gasteiger partial charge in [0.05, 0.1) is 17.6 Å². The molecule has 0 aromatic carbocycles. The van der Waals surface area contributed by atoms with Crippen molar-refractivity contribution >= 4 is 17.3 Å². The van der Waals surface area contributed by atoms with Crippen molar-refractivity contribution in [1.29, 1.82) is 0 Å². The second-order valence-electron chi connectivity index (χ2n) is 4.92. The fourth-order valence-electron chi connectivity index (χ4n) is 1.72. The molecule has 0 unspecified atom stereocenters. The Labute approximate surface area is 124 Å². The van der Waals surface area contributed by atoms with E-state index < -0.39 is 4.92 Å². The van der Waals surface area contributed by atoms with Crippen LogP contribution in [0, 0.1) is 10.1 Å². The third-order valence-corrected chi connectivity index (χ3v) is 2.77. The molecule has 0 spiro atoms. The van der Waals surface area contributed by atoms with Crippen molar-refractivity contribution in [3.05, 3.63) is 16.4 Å². The fraction of sp³-hybridized carbons (Fsp3) is 0.692. The molecule has 0 saturated carbocycles. The molecule has 1 aromatic rings.